The van der Waals surface area contributed by atoms with Crippen LogP contribution < -0.4 is 4.74 Å². The molecule has 1 N–H and O–H groups in total. The summed E-state index contributed by atoms with van der Waals surface area (Å²) in [6.45, 7) is 5.17. The smallest absolute Gasteiger partial charge is 0.329 e. The van der Waals surface area contributed by atoms with Crippen molar-refractivity contribution in [3.05, 3.63) is 59.4 Å². The Bertz CT molecular complexity index is 769. The zero-order chi connectivity index (χ0) is 18.6. The van der Waals surface area contributed by atoms with Gasteiger partial charge in [-0.1, -0.05) is 12.1 Å². The molecule has 25 heavy (non-hydrogen) atoms. The molecular weight excluding hydrogens is 320 g/mol. The van der Waals surface area contributed by atoms with Crippen molar-refractivity contribution in [2.24, 2.45) is 0 Å². The Hall–Kier alpha value is -2.89. The van der Waals surface area contributed by atoms with Gasteiger partial charge in [-0.05, 0) is 50.6 Å². The maximum absolute atomic E-state index is 12.6. The number of amides is 1. The van der Waals surface area contributed by atoms with E-state index in [1.54, 1.807) is 24.4 Å². The quantitative estimate of drug-likeness (QED) is 0.873. The highest BCUT2D eigenvalue weighted by atomic mass is 16.5. The average molecular weight is 342 g/mol. The summed E-state index contributed by atoms with van der Waals surface area (Å²) < 4.78 is 5.67. The molecule has 0 saturated heterocycles. The molecule has 0 bridgehead atoms. The maximum atomic E-state index is 12.6. The second kappa shape index (κ2) is 7.34. The molecule has 0 saturated carbocycles. The van der Waals surface area contributed by atoms with E-state index in [0.29, 0.717) is 11.3 Å². The van der Waals surface area contributed by atoms with E-state index in [2.05, 4.69) is 4.98 Å². The first-order valence-electron chi connectivity index (χ1n) is 7.88. The highest BCUT2D eigenvalue weighted by Gasteiger charge is 2.35. The SMILES string of the molecule is Cc1ccc(OCc2cccc(C(=O)N(C)C(C)(C)C(=O)O)c2)cn1. The molecule has 0 atom stereocenters. The number of rotatable bonds is 6. The molecule has 0 spiro atoms. The van der Waals surface area contributed by atoms with E-state index in [1.807, 2.05) is 25.1 Å². The zero-order valence-electron chi connectivity index (χ0n) is 14.8. The summed E-state index contributed by atoms with van der Waals surface area (Å²) in [6, 6.07) is 10.7. The van der Waals surface area contributed by atoms with Crippen LogP contribution in [-0.2, 0) is 11.4 Å². The van der Waals surface area contributed by atoms with E-state index in [9.17, 15) is 14.7 Å². The van der Waals surface area contributed by atoms with Gasteiger partial charge in [0.2, 0.25) is 0 Å². The van der Waals surface area contributed by atoms with Crippen LogP contribution in [-0.4, -0.2) is 39.5 Å². The van der Waals surface area contributed by atoms with Crippen LogP contribution in [0.4, 0.5) is 0 Å². The molecule has 0 aliphatic carbocycles. The Kier molecular flexibility index (Phi) is 5.41. The van der Waals surface area contributed by atoms with E-state index in [1.165, 1.54) is 25.8 Å². The van der Waals surface area contributed by atoms with Crippen LogP contribution in [0.1, 0.15) is 35.5 Å². The number of carbonyl (C=O) groups excluding carboxylic acids is 1. The van der Waals surface area contributed by atoms with Crippen LogP contribution in [0.3, 0.4) is 0 Å². The van der Waals surface area contributed by atoms with Gasteiger partial charge in [-0.15, -0.1) is 0 Å². The predicted octanol–water partition coefficient (Wildman–Crippen LogP) is 2.90. The highest BCUT2D eigenvalue weighted by Crippen LogP contribution is 2.18. The molecule has 132 valence electrons. The van der Waals surface area contributed by atoms with Gasteiger partial charge in [-0.3, -0.25) is 9.78 Å². The summed E-state index contributed by atoms with van der Waals surface area (Å²) in [5, 5.41) is 9.27. The van der Waals surface area contributed by atoms with Gasteiger partial charge in [-0.2, -0.15) is 0 Å². The third-order valence-corrected chi connectivity index (χ3v) is 4.13. The Morgan fingerprint density at radius 2 is 1.96 bits per heavy atom. The topological polar surface area (TPSA) is 79.7 Å². The van der Waals surface area contributed by atoms with Gasteiger partial charge in [0, 0.05) is 18.3 Å². The van der Waals surface area contributed by atoms with Crippen molar-refractivity contribution in [2.75, 3.05) is 7.05 Å². The minimum atomic E-state index is -1.29. The molecule has 6 nitrogen and oxygen atoms in total. The van der Waals surface area contributed by atoms with Gasteiger partial charge in [0.15, 0.2) is 0 Å². The molecular formula is C19H22N2O4. The van der Waals surface area contributed by atoms with Crippen LogP contribution in [0.25, 0.3) is 0 Å². The first kappa shape index (κ1) is 18.4. The Morgan fingerprint density at radius 1 is 1.24 bits per heavy atom. The van der Waals surface area contributed by atoms with Crippen LogP contribution in [0, 0.1) is 6.92 Å². The van der Waals surface area contributed by atoms with Crippen LogP contribution >= 0.6 is 0 Å². The van der Waals surface area contributed by atoms with Crippen LogP contribution in [0.5, 0.6) is 5.75 Å². The number of likely N-dealkylation sites (N-methyl/N-ethyl adjacent to an activating group) is 1. The number of carboxylic acid groups (broad SMARTS) is 1. The molecule has 0 aliphatic heterocycles. The fraction of sp³-hybridized carbons (Fsp3) is 0.316. The van der Waals surface area contributed by atoms with Crippen molar-refractivity contribution in [3.8, 4) is 5.75 Å². The number of aromatic nitrogens is 1. The largest absolute Gasteiger partial charge is 0.487 e. The molecule has 6 heteroatoms. The summed E-state index contributed by atoms with van der Waals surface area (Å²) in [5.41, 5.74) is 0.842. The van der Waals surface area contributed by atoms with E-state index in [-0.39, 0.29) is 12.5 Å². The molecule has 1 aromatic heterocycles. The first-order chi connectivity index (χ1) is 11.7. The number of ether oxygens (including phenoxy) is 1. The van der Waals surface area contributed by atoms with Gasteiger partial charge in [0.25, 0.3) is 5.91 Å². The van der Waals surface area contributed by atoms with Crippen molar-refractivity contribution >= 4 is 11.9 Å². The summed E-state index contributed by atoms with van der Waals surface area (Å²) in [5.74, 6) is -0.771. The third kappa shape index (κ3) is 4.35. The standard InChI is InChI=1S/C19H22N2O4/c1-13-8-9-16(11-20-13)25-12-14-6-5-7-15(10-14)17(22)21(4)19(2,3)18(23)24/h5-11H,12H2,1-4H3,(H,23,24). The van der Waals surface area contributed by atoms with Crippen molar-refractivity contribution in [1.82, 2.24) is 9.88 Å². The lowest BCUT2D eigenvalue weighted by Crippen LogP contribution is -2.50. The molecule has 0 unspecified atom stereocenters. The minimum absolute atomic E-state index is 0.290. The number of pyridine rings is 1. The molecule has 2 rings (SSSR count). The summed E-state index contributed by atoms with van der Waals surface area (Å²) in [7, 11) is 1.48. The van der Waals surface area contributed by atoms with Gasteiger partial charge in [0.1, 0.15) is 17.9 Å². The van der Waals surface area contributed by atoms with E-state index in [0.717, 1.165) is 11.3 Å². The van der Waals surface area contributed by atoms with E-state index >= 15 is 0 Å². The van der Waals surface area contributed by atoms with Gasteiger partial charge < -0.3 is 14.7 Å². The molecule has 0 radical (unpaired) electrons. The number of carbonyl (C=O) groups is 2. The number of aryl methyl sites for hydroxylation is 1. The molecule has 1 aromatic carbocycles. The van der Waals surface area contributed by atoms with Gasteiger partial charge in [-0.25, -0.2) is 4.79 Å². The number of benzene rings is 1. The van der Waals surface area contributed by atoms with Gasteiger partial charge >= 0.3 is 5.97 Å². The van der Waals surface area contributed by atoms with Crippen molar-refractivity contribution in [2.45, 2.75) is 32.9 Å². The number of hydrogen-bond donors (Lipinski definition) is 1. The predicted molar refractivity (Wildman–Crippen MR) is 93.6 cm³/mol. The molecule has 1 amide bonds. The summed E-state index contributed by atoms with van der Waals surface area (Å²) >= 11 is 0. The lowest BCUT2D eigenvalue weighted by Gasteiger charge is -2.31. The Balaban J connectivity index is 2.11. The number of carboxylic acids is 1. The van der Waals surface area contributed by atoms with Gasteiger partial charge in [0.05, 0.1) is 6.20 Å². The van der Waals surface area contributed by atoms with E-state index < -0.39 is 11.5 Å². The molecule has 0 fully saturated rings. The Labute approximate surface area is 147 Å². The third-order valence-electron chi connectivity index (χ3n) is 4.13. The Morgan fingerprint density at radius 3 is 2.56 bits per heavy atom. The lowest BCUT2D eigenvalue weighted by molar-refractivity contribution is -0.147. The number of nitrogens with zero attached hydrogens (tertiary/aromatic N) is 2. The second-order valence-electron chi connectivity index (χ2n) is 6.35. The van der Waals surface area contributed by atoms with Crippen LogP contribution in [0.2, 0.25) is 0 Å². The fourth-order valence-corrected chi connectivity index (χ4v) is 2.09. The maximum Gasteiger partial charge on any atom is 0.329 e. The lowest BCUT2D eigenvalue weighted by atomic mass is 10.0. The average Bonchev–Trinajstić information content (AvgIpc) is 2.60. The highest BCUT2D eigenvalue weighted by molar-refractivity contribution is 5.97. The summed E-state index contributed by atoms with van der Waals surface area (Å²) in [6.07, 6.45) is 1.65. The second-order valence-corrected chi connectivity index (χ2v) is 6.35. The molecule has 1 heterocycles. The van der Waals surface area contributed by atoms with Crippen molar-refractivity contribution in [1.29, 1.82) is 0 Å². The monoisotopic (exact) mass is 342 g/mol. The van der Waals surface area contributed by atoms with Crippen LogP contribution in [0.15, 0.2) is 42.6 Å². The normalized spacial score (nSPS) is 11.0. The minimum Gasteiger partial charge on any atom is -0.487 e. The molecule has 0 aliphatic rings. The number of aliphatic carboxylic acids is 1. The number of hydrogen-bond acceptors (Lipinski definition) is 4. The molecule has 2 aromatic rings. The zero-order valence-corrected chi connectivity index (χ0v) is 14.8. The van der Waals surface area contributed by atoms with E-state index in [4.69, 9.17) is 4.74 Å². The first-order valence-corrected chi connectivity index (χ1v) is 7.88. The van der Waals surface area contributed by atoms with Crippen molar-refractivity contribution in [3.63, 3.8) is 0 Å². The van der Waals surface area contributed by atoms with Crippen molar-refractivity contribution < 1.29 is 19.4 Å². The summed E-state index contributed by atoms with van der Waals surface area (Å²) in [4.78, 5) is 29.3. The fourth-order valence-electron chi connectivity index (χ4n) is 2.09.